The standard InChI is InChI=1S/C20H17Cl4F3N2O4S2/c1-18(2,3)29(17(34)14-8-7-12(10-15(14)21)19(22,23)24)28-16(30)11-5-4-6-13(9-11)33-35(31,32)20(25,26)27/h4-10H,1-3H3,(H,28,30). The largest absolute Gasteiger partial charge is 0.534 e. The third kappa shape index (κ3) is 7.50. The highest BCUT2D eigenvalue weighted by molar-refractivity contribution is 7.88. The van der Waals surface area contributed by atoms with Gasteiger partial charge < -0.3 is 4.18 Å². The molecule has 0 aromatic heterocycles. The zero-order valence-corrected chi connectivity index (χ0v) is 22.7. The van der Waals surface area contributed by atoms with Crippen molar-refractivity contribution in [2.24, 2.45) is 0 Å². The van der Waals surface area contributed by atoms with Crippen LogP contribution in [0.25, 0.3) is 0 Å². The number of halogens is 7. The predicted molar refractivity (Wildman–Crippen MR) is 133 cm³/mol. The number of hydrogen-bond donors (Lipinski definition) is 1. The lowest BCUT2D eigenvalue weighted by molar-refractivity contribution is -0.0500. The number of rotatable bonds is 4. The van der Waals surface area contributed by atoms with Gasteiger partial charge in [-0.2, -0.15) is 21.6 Å². The van der Waals surface area contributed by atoms with Crippen LogP contribution in [-0.4, -0.2) is 35.4 Å². The number of thiocarbonyl (C=S) groups is 1. The quantitative estimate of drug-likeness (QED) is 0.140. The minimum absolute atomic E-state index is 0.0822. The summed E-state index contributed by atoms with van der Waals surface area (Å²) < 4.78 is 62.7. The Morgan fingerprint density at radius 2 is 1.66 bits per heavy atom. The van der Waals surface area contributed by atoms with Gasteiger partial charge in [-0.05, 0) is 45.0 Å². The molecular weight excluding hydrogens is 595 g/mol. The third-order valence-electron chi connectivity index (χ3n) is 4.20. The monoisotopic (exact) mass is 610 g/mol. The van der Waals surface area contributed by atoms with Crippen LogP contribution in [0.4, 0.5) is 13.2 Å². The van der Waals surface area contributed by atoms with E-state index in [2.05, 4.69) is 9.61 Å². The van der Waals surface area contributed by atoms with Crippen LogP contribution in [0.1, 0.15) is 42.3 Å². The highest BCUT2D eigenvalue weighted by Crippen LogP contribution is 2.40. The molecule has 0 radical (unpaired) electrons. The first kappa shape index (κ1) is 29.7. The van der Waals surface area contributed by atoms with E-state index < -0.39 is 36.6 Å². The molecule has 0 aliphatic rings. The van der Waals surface area contributed by atoms with Crippen LogP contribution in [0.15, 0.2) is 42.5 Å². The Balaban J connectivity index is 2.35. The second-order valence-electron chi connectivity index (χ2n) is 7.96. The molecule has 15 heteroatoms. The Labute approximate surface area is 225 Å². The first-order valence-electron chi connectivity index (χ1n) is 9.37. The van der Waals surface area contributed by atoms with Crippen molar-refractivity contribution in [3.05, 3.63) is 64.2 Å². The zero-order chi connectivity index (χ0) is 27.0. The summed E-state index contributed by atoms with van der Waals surface area (Å²) >= 11 is 29.5. The number of alkyl halides is 6. The van der Waals surface area contributed by atoms with Gasteiger partial charge in [0.05, 0.1) is 10.6 Å². The topological polar surface area (TPSA) is 75.7 Å². The molecule has 0 aliphatic heterocycles. The van der Waals surface area contributed by atoms with Crippen LogP contribution >= 0.6 is 58.6 Å². The fourth-order valence-corrected chi connectivity index (χ4v) is 4.17. The first-order valence-corrected chi connectivity index (χ1v) is 12.7. The molecule has 35 heavy (non-hydrogen) atoms. The van der Waals surface area contributed by atoms with E-state index in [1.54, 1.807) is 20.8 Å². The van der Waals surface area contributed by atoms with E-state index in [0.717, 1.165) is 18.2 Å². The summed E-state index contributed by atoms with van der Waals surface area (Å²) in [5, 5.41) is 1.44. The molecule has 0 aliphatic carbocycles. The van der Waals surface area contributed by atoms with Crippen LogP contribution in [0.2, 0.25) is 5.02 Å². The van der Waals surface area contributed by atoms with E-state index in [1.807, 2.05) is 0 Å². The van der Waals surface area contributed by atoms with E-state index >= 15 is 0 Å². The minimum atomic E-state index is -5.91. The molecule has 2 aromatic carbocycles. The Hall–Kier alpha value is -1.50. The highest BCUT2D eigenvalue weighted by atomic mass is 35.6. The summed E-state index contributed by atoms with van der Waals surface area (Å²) in [7, 11) is -5.91. The average Bonchev–Trinajstić information content (AvgIpc) is 2.68. The van der Waals surface area contributed by atoms with Gasteiger partial charge in [0.2, 0.25) is 3.79 Å². The molecule has 0 fully saturated rings. The van der Waals surface area contributed by atoms with Crippen molar-refractivity contribution < 1.29 is 30.6 Å². The maximum atomic E-state index is 12.9. The first-order chi connectivity index (χ1) is 15.7. The molecule has 0 unspecified atom stereocenters. The van der Waals surface area contributed by atoms with Gasteiger partial charge in [-0.1, -0.05) is 76.8 Å². The van der Waals surface area contributed by atoms with Gasteiger partial charge in [-0.3, -0.25) is 15.2 Å². The van der Waals surface area contributed by atoms with Crippen molar-refractivity contribution in [2.75, 3.05) is 0 Å². The summed E-state index contributed by atoms with van der Waals surface area (Å²) in [6.45, 7) is 5.16. The Bertz CT molecular complexity index is 1240. The molecular formula is C20H17Cl4F3N2O4S2. The number of hydrogen-bond acceptors (Lipinski definition) is 5. The molecule has 192 valence electrons. The van der Waals surface area contributed by atoms with Crippen molar-refractivity contribution in [1.29, 1.82) is 0 Å². The molecule has 1 amide bonds. The van der Waals surface area contributed by atoms with Crippen molar-refractivity contribution in [2.45, 2.75) is 35.6 Å². The number of nitrogens with zero attached hydrogens (tertiary/aromatic N) is 1. The Kier molecular flexibility index (Phi) is 8.89. The van der Waals surface area contributed by atoms with Gasteiger partial charge in [-0.25, -0.2) is 0 Å². The number of carbonyl (C=O) groups excluding carboxylic acids is 1. The van der Waals surface area contributed by atoms with Gasteiger partial charge in [0.25, 0.3) is 5.91 Å². The van der Waals surface area contributed by atoms with Crippen molar-refractivity contribution in [3.63, 3.8) is 0 Å². The lowest BCUT2D eigenvalue weighted by Gasteiger charge is -2.38. The van der Waals surface area contributed by atoms with Crippen molar-refractivity contribution in [1.82, 2.24) is 10.4 Å². The molecule has 1 N–H and O–H groups in total. The number of benzene rings is 2. The van der Waals surface area contributed by atoms with Crippen molar-refractivity contribution in [3.8, 4) is 5.75 Å². The summed E-state index contributed by atoms with van der Waals surface area (Å²) in [6, 6.07) is 8.59. The normalized spacial score (nSPS) is 12.7. The highest BCUT2D eigenvalue weighted by Gasteiger charge is 2.48. The predicted octanol–water partition coefficient (Wildman–Crippen LogP) is 6.52. The van der Waals surface area contributed by atoms with Gasteiger partial charge >= 0.3 is 15.6 Å². The number of carbonyl (C=O) groups is 1. The minimum Gasteiger partial charge on any atom is -0.376 e. The van der Waals surface area contributed by atoms with Crippen molar-refractivity contribution >= 4 is 79.6 Å². The molecule has 0 atom stereocenters. The summed E-state index contributed by atoms with van der Waals surface area (Å²) in [4.78, 5) is 13.0. The zero-order valence-electron chi connectivity index (χ0n) is 18.1. The van der Waals surface area contributed by atoms with Gasteiger partial charge in [0.15, 0.2) is 0 Å². The van der Waals surface area contributed by atoms with Crippen LogP contribution in [-0.2, 0) is 13.9 Å². The smallest absolute Gasteiger partial charge is 0.376 e. The second-order valence-corrected chi connectivity index (χ2v) is 12.6. The fraction of sp³-hybridized carbons (Fsp3) is 0.300. The van der Waals surface area contributed by atoms with Crippen LogP contribution in [0, 0.1) is 0 Å². The summed E-state index contributed by atoms with van der Waals surface area (Å²) in [5.41, 5.74) is -3.48. The molecule has 2 aromatic rings. The van der Waals surface area contributed by atoms with E-state index in [0.29, 0.717) is 5.56 Å². The molecule has 0 saturated carbocycles. The second kappa shape index (κ2) is 10.5. The van der Waals surface area contributed by atoms with Gasteiger partial charge in [0, 0.05) is 16.7 Å². The molecule has 0 bridgehead atoms. The number of nitrogens with one attached hydrogen (secondary N) is 1. The van der Waals surface area contributed by atoms with Crippen LogP contribution < -0.4 is 9.61 Å². The van der Waals surface area contributed by atoms with Gasteiger partial charge in [0.1, 0.15) is 10.7 Å². The lowest BCUT2D eigenvalue weighted by atomic mass is 10.1. The Morgan fingerprint density at radius 1 is 1.06 bits per heavy atom. The number of hydrazine groups is 1. The summed E-state index contributed by atoms with van der Waals surface area (Å²) in [6.07, 6.45) is 0. The van der Waals surface area contributed by atoms with Gasteiger partial charge in [-0.15, -0.1) is 0 Å². The van der Waals surface area contributed by atoms with E-state index in [1.165, 1.54) is 29.3 Å². The average molecular weight is 612 g/mol. The number of amides is 1. The maximum Gasteiger partial charge on any atom is 0.534 e. The van der Waals surface area contributed by atoms with E-state index in [-0.39, 0.29) is 21.1 Å². The molecule has 2 rings (SSSR count). The third-order valence-corrected chi connectivity index (χ3v) is 6.55. The SMILES string of the molecule is CC(C)(C)N(NC(=O)c1cccc(OS(=O)(=O)C(F)(F)F)c1)C(=S)c1ccc(C(Cl)(Cl)Cl)cc1Cl. The Morgan fingerprint density at radius 3 is 2.14 bits per heavy atom. The molecule has 0 saturated heterocycles. The molecule has 6 nitrogen and oxygen atoms in total. The maximum absolute atomic E-state index is 12.9. The molecule has 0 spiro atoms. The van der Waals surface area contributed by atoms with E-state index in [9.17, 15) is 26.4 Å². The van der Waals surface area contributed by atoms with Crippen LogP contribution in [0.3, 0.4) is 0 Å². The lowest BCUT2D eigenvalue weighted by Crippen LogP contribution is -2.55. The summed E-state index contributed by atoms with van der Waals surface area (Å²) in [5.74, 6) is -1.52. The fourth-order valence-electron chi connectivity index (χ4n) is 2.54. The molecule has 0 heterocycles. The van der Waals surface area contributed by atoms with Crippen LogP contribution in [0.5, 0.6) is 5.75 Å². The van der Waals surface area contributed by atoms with E-state index in [4.69, 9.17) is 58.6 Å².